The van der Waals surface area contributed by atoms with Crippen molar-refractivity contribution in [1.82, 2.24) is 0 Å². The number of hydrogen-bond donors (Lipinski definition) is 0. The van der Waals surface area contributed by atoms with Crippen LogP contribution in [-0.2, 0) is 4.79 Å². The van der Waals surface area contributed by atoms with Crippen LogP contribution in [0.2, 0.25) is 1.41 Å². The number of carbonyl (C=O) groups is 2. The molecule has 1 N–H and O–H groups in total. The van der Waals surface area contributed by atoms with E-state index in [1.165, 1.54) is 26.2 Å². The van der Waals surface area contributed by atoms with E-state index >= 15 is 0 Å². The fraction of sp³-hybridized carbons (Fsp3) is 0.385. The van der Waals surface area contributed by atoms with E-state index in [1.54, 1.807) is 0 Å². The van der Waals surface area contributed by atoms with Crippen LogP contribution in [0.5, 0.6) is 11.5 Å². The van der Waals surface area contributed by atoms with E-state index in [9.17, 15) is 14.5 Å². The van der Waals surface area contributed by atoms with Crippen LogP contribution in [0.3, 0.4) is 0 Å². The number of hydrogen-bond acceptors (Lipinski definition) is 6. The number of nitroso groups, excluding NO2 is 1. The van der Waals surface area contributed by atoms with Gasteiger partial charge in [-0.3, -0.25) is 4.79 Å². The number of nitrogens with zero attached hydrogens (tertiary/aromatic N) is 1. The van der Waals surface area contributed by atoms with Gasteiger partial charge in [-0.05, 0) is 31.0 Å². The van der Waals surface area contributed by atoms with Crippen molar-refractivity contribution in [3.8, 4) is 11.5 Å². The molecule has 0 aliphatic rings. The van der Waals surface area contributed by atoms with Crippen LogP contribution in [0.1, 0.15) is 30.1 Å². The summed E-state index contributed by atoms with van der Waals surface area (Å²) in [5.74, 6) is -0.290. The number of benzene rings is 1. The number of ketones is 1. The lowest BCUT2D eigenvalue weighted by Gasteiger charge is -2.12. The van der Waals surface area contributed by atoms with Gasteiger partial charge in [0.1, 0.15) is 5.69 Å². The zero-order valence-electron chi connectivity index (χ0n) is 12.2. The van der Waals surface area contributed by atoms with Gasteiger partial charge in [0.2, 0.25) is 0 Å². The molecule has 0 atom stereocenters. The molecule has 108 valence electrons. The highest BCUT2D eigenvalue weighted by atomic mass is 16.5. The Bertz CT molecular complexity index is 548. The fourth-order valence-corrected chi connectivity index (χ4v) is 1.58. The van der Waals surface area contributed by atoms with Crippen molar-refractivity contribution in [2.45, 2.75) is 19.8 Å². The summed E-state index contributed by atoms with van der Waals surface area (Å²) < 4.78 is 17.0. The predicted molar refractivity (Wildman–Crippen MR) is 72.5 cm³/mol. The molecule has 0 aliphatic heterocycles. The van der Waals surface area contributed by atoms with Gasteiger partial charge in [-0.25, -0.2) is 0 Å². The molecule has 1 rings (SSSR count). The second kappa shape index (κ2) is 7.22. The molecular weight excluding hydrogens is 264 g/mol. The summed E-state index contributed by atoms with van der Waals surface area (Å²) in [6.45, 7) is 1.50. The minimum absolute atomic E-state index is 0.0319. The third-order valence-corrected chi connectivity index (χ3v) is 2.55. The van der Waals surface area contributed by atoms with Crippen molar-refractivity contribution in [1.29, 1.82) is 0 Å². The van der Waals surface area contributed by atoms with Gasteiger partial charge in [0, 0.05) is 12.0 Å². The lowest BCUT2D eigenvalue weighted by atomic mass is 10.1. The molecule has 20 heavy (non-hydrogen) atoms. The van der Waals surface area contributed by atoms with Crippen LogP contribution < -0.4 is 9.47 Å². The highest BCUT2D eigenvalue weighted by Crippen LogP contribution is 2.35. The Labute approximate surface area is 117 Å². The summed E-state index contributed by atoms with van der Waals surface area (Å²) in [6, 6.07) is 2.71. The van der Waals surface area contributed by atoms with Crippen molar-refractivity contribution in [2.24, 2.45) is 5.18 Å². The quantitative estimate of drug-likeness (QED) is 0.413. The van der Waals surface area contributed by atoms with Crippen LogP contribution in [0.4, 0.5) is 5.69 Å². The Kier molecular flexibility index (Phi) is 5.05. The number of methoxy groups -OCH3 is 1. The predicted octanol–water partition coefficient (Wildman–Crippen LogP) is 3.03. The number of nitrogens with one attached hydrogen (secondary N) is 1. The van der Waals surface area contributed by atoms with Gasteiger partial charge in [0.15, 0.2) is 17.3 Å². The Balaban J connectivity index is 2.84. The van der Waals surface area contributed by atoms with Crippen molar-refractivity contribution in [2.75, 3.05) is 13.7 Å². The third kappa shape index (κ3) is 4.04. The first kappa shape index (κ1) is 14.0. The molecule has 0 heterocycles. The van der Waals surface area contributed by atoms with E-state index in [1.807, 2.05) is 0 Å². The molecule has 1 amide bonds. The number of rotatable bonds is 8. The molecule has 0 fully saturated rings. The molecule has 7 heteroatoms. The van der Waals surface area contributed by atoms with Gasteiger partial charge < -0.3 is 20.0 Å². The highest BCUT2D eigenvalue weighted by Gasteiger charge is 2.15. The number of amides is 1. The van der Waals surface area contributed by atoms with Gasteiger partial charge in [-0.1, -0.05) is 0 Å². The first-order valence-electron chi connectivity index (χ1n) is 6.35. The van der Waals surface area contributed by atoms with E-state index < -0.39 is 5.91 Å². The molecule has 7 nitrogen and oxygen atoms in total. The largest absolute Gasteiger partial charge is 0.668 e. The molecule has 0 radical (unpaired) electrons. The van der Waals surface area contributed by atoms with Gasteiger partial charge in [0.05, 0.1) is 19.3 Å². The molecule has 0 aliphatic carbocycles. The van der Waals surface area contributed by atoms with E-state index in [0.717, 1.165) is 0 Å². The molecule has 1 aromatic rings. The average molecular weight is 281 g/mol. The summed E-state index contributed by atoms with van der Waals surface area (Å²) in [6.07, 6.45) is 0.457. The van der Waals surface area contributed by atoms with Gasteiger partial charge in [-0.15, -0.1) is 6.32 Å². The van der Waals surface area contributed by atoms with Crippen molar-refractivity contribution < 1.29 is 20.5 Å². The van der Waals surface area contributed by atoms with Crippen LogP contribution in [0.25, 0.3) is 5.73 Å². The highest BCUT2D eigenvalue weighted by molar-refractivity contribution is 5.99. The number of carbonyl (C=O) groups excluding carboxylic acids is 2. The Morgan fingerprint density at radius 2 is 2.15 bits per heavy atom. The Morgan fingerprint density at radius 1 is 1.40 bits per heavy atom. The number of Topliss-reactive ketones (excluding diaryl/α,β-unsaturated/α-hetero) is 1. The van der Waals surface area contributed by atoms with E-state index in [2.05, 4.69) is 10.9 Å². The van der Waals surface area contributed by atoms with Crippen LogP contribution in [-0.4, -0.2) is 25.4 Å². The molecule has 0 spiro atoms. The summed E-state index contributed by atoms with van der Waals surface area (Å²) in [7, 11) is 1.41. The molecule has 0 aromatic heterocycles. The molecule has 0 saturated heterocycles. The first-order chi connectivity index (χ1) is 10.0. The molecule has 0 bridgehead atoms. The fourth-order valence-electron chi connectivity index (χ4n) is 1.58. The SMILES string of the molecule is [3H][N-]C(=O)CCCOc1cc(N=O)c(C(C)=O)cc1OC. The zero-order valence-corrected chi connectivity index (χ0v) is 11.2. The lowest BCUT2D eigenvalue weighted by Crippen LogP contribution is -2.03. The van der Waals surface area contributed by atoms with E-state index in [-0.39, 0.29) is 35.8 Å². The van der Waals surface area contributed by atoms with Crippen molar-refractivity contribution in [3.05, 3.63) is 28.3 Å². The van der Waals surface area contributed by atoms with E-state index in [4.69, 9.17) is 10.9 Å². The zero-order chi connectivity index (χ0) is 15.8. The third-order valence-electron chi connectivity index (χ3n) is 2.55. The maximum atomic E-state index is 11.4. The van der Waals surface area contributed by atoms with Crippen LogP contribution in [0.15, 0.2) is 17.3 Å². The molecule has 1 aromatic carbocycles. The lowest BCUT2D eigenvalue weighted by molar-refractivity contribution is -0.114. The second-order valence-electron chi connectivity index (χ2n) is 4.01. The summed E-state index contributed by atoms with van der Waals surface area (Å²) in [5.41, 5.74) is 2.88. The molecule has 0 unspecified atom stereocenters. The minimum atomic E-state index is -0.535. The van der Waals surface area contributed by atoms with Crippen molar-refractivity contribution >= 4 is 17.4 Å². The second-order valence-corrected chi connectivity index (χ2v) is 4.01. The van der Waals surface area contributed by atoms with E-state index in [0.29, 0.717) is 12.2 Å². The average Bonchev–Trinajstić information content (AvgIpc) is 2.50. The summed E-state index contributed by atoms with van der Waals surface area (Å²) in [5, 5.41) is 2.80. The topological polar surface area (TPSA) is 106 Å². The van der Waals surface area contributed by atoms with Crippen LogP contribution in [0, 0.1) is 4.91 Å². The molecule has 0 saturated carbocycles. The smallest absolute Gasteiger partial charge is 0.163 e. The Morgan fingerprint density at radius 3 is 2.70 bits per heavy atom. The van der Waals surface area contributed by atoms with Crippen LogP contribution >= 0.6 is 0 Å². The maximum absolute atomic E-state index is 11.4. The van der Waals surface area contributed by atoms with Crippen molar-refractivity contribution in [3.63, 3.8) is 0 Å². The monoisotopic (exact) mass is 281 g/mol. The van der Waals surface area contributed by atoms with Gasteiger partial charge in [0.25, 0.3) is 0 Å². The first-order valence-corrected chi connectivity index (χ1v) is 5.90. The van der Waals surface area contributed by atoms with Gasteiger partial charge in [-0.2, -0.15) is 0 Å². The minimum Gasteiger partial charge on any atom is -0.668 e. The standard InChI is InChI=1S/C13H16N2O5/c1-8(16)9-6-11(19-2)12(7-10(9)15-18)20-5-3-4-13(14)17/h6-7H,3-5H2,1-2H3,(H2,14,17)/p-1/i/hT. The maximum Gasteiger partial charge on any atom is 0.163 e. The molecular formula is C13H15N2O5-. The Hall–Kier alpha value is -2.44. The number of ether oxygens (including phenoxy) is 2. The normalized spacial score (nSPS) is 10.4. The summed E-state index contributed by atoms with van der Waals surface area (Å²) in [4.78, 5) is 33.0. The summed E-state index contributed by atoms with van der Waals surface area (Å²) >= 11 is 0. The van der Waals surface area contributed by atoms with Gasteiger partial charge >= 0.3 is 0 Å².